The zero-order chi connectivity index (χ0) is 16.4. The molecule has 7 nitrogen and oxygen atoms in total. The molecule has 2 aromatic rings. The number of benzene rings is 1. The molecule has 0 saturated heterocycles. The summed E-state index contributed by atoms with van der Waals surface area (Å²) in [6.07, 6.45) is 1.25. The number of carbonyl (C=O) groups is 2. The minimum atomic E-state index is -1.14. The standard InChI is InChI=1S/C16H17N3O4/c1-10-8-13(19-23-10)18-15(21)14(20)17-9-16(22)7-6-11-4-2-3-5-12(11)16/h2-5,8,22H,6-7,9H2,1H3,(H,17,20)(H,18,19,21). The Morgan fingerprint density at radius 1 is 1.35 bits per heavy atom. The molecule has 0 bridgehead atoms. The van der Waals surface area contributed by atoms with E-state index in [1.54, 1.807) is 6.92 Å². The van der Waals surface area contributed by atoms with Gasteiger partial charge in [-0.25, -0.2) is 0 Å². The molecule has 3 rings (SSSR count). The van der Waals surface area contributed by atoms with Crippen molar-refractivity contribution in [3.63, 3.8) is 0 Å². The summed E-state index contributed by atoms with van der Waals surface area (Å²) < 4.78 is 4.81. The molecule has 120 valence electrons. The first-order valence-electron chi connectivity index (χ1n) is 7.31. The van der Waals surface area contributed by atoms with Crippen LogP contribution in [0.15, 0.2) is 34.9 Å². The molecule has 1 atom stereocenters. The van der Waals surface area contributed by atoms with Crippen molar-refractivity contribution >= 4 is 17.6 Å². The minimum absolute atomic E-state index is 0.0197. The molecule has 1 unspecified atom stereocenters. The van der Waals surface area contributed by atoms with E-state index in [0.29, 0.717) is 12.2 Å². The molecule has 0 fully saturated rings. The van der Waals surface area contributed by atoms with Crippen LogP contribution in [-0.4, -0.2) is 28.6 Å². The number of aryl methyl sites for hydroxylation is 2. The normalized spacial score (nSPS) is 19.2. The van der Waals surface area contributed by atoms with Crippen molar-refractivity contribution < 1.29 is 19.2 Å². The van der Waals surface area contributed by atoms with Gasteiger partial charge in [-0.3, -0.25) is 14.9 Å². The lowest BCUT2D eigenvalue weighted by molar-refractivity contribution is -0.136. The second kappa shape index (κ2) is 5.85. The molecule has 1 aromatic carbocycles. The molecule has 0 saturated carbocycles. The first kappa shape index (κ1) is 15.2. The Bertz CT molecular complexity index is 755. The van der Waals surface area contributed by atoms with Crippen molar-refractivity contribution in [3.05, 3.63) is 47.2 Å². The predicted octanol–water partition coefficient (Wildman–Crippen LogP) is 0.872. The maximum absolute atomic E-state index is 11.9. The highest BCUT2D eigenvalue weighted by Crippen LogP contribution is 2.36. The van der Waals surface area contributed by atoms with E-state index in [9.17, 15) is 14.7 Å². The molecule has 1 heterocycles. The van der Waals surface area contributed by atoms with E-state index in [-0.39, 0.29) is 12.4 Å². The first-order valence-corrected chi connectivity index (χ1v) is 7.31. The number of carbonyl (C=O) groups excluding carboxylic acids is 2. The van der Waals surface area contributed by atoms with E-state index in [1.165, 1.54) is 6.07 Å². The minimum Gasteiger partial charge on any atom is -0.383 e. The molecule has 1 aliphatic carbocycles. The van der Waals surface area contributed by atoms with E-state index in [4.69, 9.17) is 4.52 Å². The van der Waals surface area contributed by atoms with Crippen LogP contribution < -0.4 is 10.6 Å². The number of aromatic nitrogens is 1. The van der Waals surface area contributed by atoms with E-state index >= 15 is 0 Å². The smallest absolute Gasteiger partial charge is 0.314 e. The van der Waals surface area contributed by atoms with Gasteiger partial charge in [0.1, 0.15) is 11.4 Å². The molecule has 0 spiro atoms. The van der Waals surface area contributed by atoms with Crippen LogP contribution in [0, 0.1) is 6.92 Å². The van der Waals surface area contributed by atoms with E-state index in [0.717, 1.165) is 17.5 Å². The van der Waals surface area contributed by atoms with Gasteiger partial charge < -0.3 is 14.9 Å². The highest BCUT2D eigenvalue weighted by atomic mass is 16.5. The van der Waals surface area contributed by atoms with Gasteiger partial charge in [0, 0.05) is 6.07 Å². The summed E-state index contributed by atoms with van der Waals surface area (Å²) >= 11 is 0. The predicted molar refractivity (Wildman–Crippen MR) is 81.5 cm³/mol. The topological polar surface area (TPSA) is 104 Å². The van der Waals surface area contributed by atoms with Gasteiger partial charge in [-0.15, -0.1) is 0 Å². The van der Waals surface area contributed by atoms with E-state index in [1.807, 2.05) is 24.3 Å². The average Bonchev–Trinajstić information content (AvgIpc) is 3.10. The second-order valence-electron chi connectivity index (χ2n) is 5.65. The molecule has 0 aliphatic heterocycles. The molecule has 1 aromatic heterocycles. The van der Waals surface area contributed by atoms with Crippen molar-refractivity contribution in [2.75, 3.05) is 11.9 Å². The number of rotatable bonds is 3. The van der Waals surface area contributed by atoms with E-state index in [2.05, 4.69) is 15.8 Å². The summed E-state index contributed by atoms with van der Waals surface area (Å²) in [6, 6.07) is 9.06. The lowest BCUT2D eigenvalue weighted by atomic mass is 9.96. The number of nitrogens with zero attached hydrogens (tertiary/aromatic N) is 1. The number of amides is 2. The third kappa shape index (κ3) is 3.09. The third-order valence-corrected chi connectivity index (χ3v) is 3.94. The quantitative estimate of drug-likeness (QED) is 0.729. The van der Waals surface area contributed by atoms with Crippen molar-refractivity contribution in [1.82, 2.24) is 10.5 Å². The number of hydrogen-bond acceptors (Lipinski definition) is 5. The van der Waals surface area contributed by atoms with Gasteiger partial charge in [-0.1, -0.05) is 29.4 Å². The highest BCUT2D eigenvalue weighted by molar-refractivity contribution is 6.39. The average molecular weight is 315 g/mol. The van der Waals surface area contributed by atoms with Gasteiger partial charge >= 0.3 is 11.8 Å². The van der Waals surface area contributed by atoms with Crippen LogP contribution in [0.1, 0.15) is 23.3 Å². The van der Waals surface area contributed by atoms with Crippen LogP contribution in [0.5, 0.6) is 0 Å². The Morgan fingerprint density at radius 2 is 2.13 bits per heavy atom. The number of nitrogens with one attached hydrogen (secondary N) is 2. The fourth-order valence-electron chi connectivity index (χ4n) is 2.76. The summed E-state index contributed by atoms with van der Waals surface area (Å²) in [5.74, 6) is -0.984. The van der Waals surface area contributed by atoms with Gasteiger partial charge in [0.15, 0.2) is 5.82 Å². The molecule has 2 amide bonds. The van der Waals surface area contributed by atoms with Gasteiger partial charge in [-0.2, -0.15) is 0 Å². The molecule has 1 aliphatic rings. The van der Waals surface area contributed by atoms with Gasteiger partial charge in [-0.05, 0) is 30.9 Å². The fraction of sp³-hybridized carbons (Fsp3) is 0.312. The molecule has 7 heteroatoms. The summed E-state index contributed by atoms with van der Waals surface area (Å²) in [7, 11) is 0. The van der Waals surface area contributed by atoms with Gasteiger partial charge in [0.2, 0.25) is 0 Å². The van der Waals surface area contributed by atoms with Gasteiger partial charge in [0.05, 0.1) is 6.54 Å². The summed E-state index contributed by atoms with van der Waals surface area (Å²) in [5, 5.41) is 19.1. The molecular weight excluding hydrogens is 298 g/mol. The Kier molecular flexibility index (Phi) is 3.87. The van der Waals surface area contributed by atoms with Gasteiger partial charge in [0.25, 0.3) is 0 Å². The molecular formula is C16H17N3O4. The zero-order valence-electron chi connectivity index (χ0n) is 12.6. The SMILES string of the molecule is Cc1cc(NC(=O)C(=O)NCC2(O)CCc3ccccc32)no1. The highest BCUT2D eigenvalue weighted by Gasteiger charge is 2.37. The molecule has 3 N–H and O–H groups in total. The Morgan fingerprint density at radius 3 is 2.87 bits per heavy atom. The first-order chi connectivity index (χ1) is 11.0. The molecule has 23 heavy (non-hydrogen) atoms. The summed E-state index contributed by atoms with van der Waals surface area (Å²) in [4.78, 5) is 23.7. The Hall–Kier alpha value is -2.67. The summed E-state index contributed by atoms with van der Waals surface area (Å²) in [6.45, 7) is 1.66. The number of anilines is 1. The van der Waals surface area contributed by atoms with Crippen LogP contribution in [0.4, 0.5) is 5.82 Å². The number of hydrogen-bond donors (Lipinski definition) is 3. The maximum atomic E-state index is 11.9. The fourth-order valence-corrected chi connectivity index (χ4v) is 2.76. The van der Waals surface area contributed by atoms with Crippen LogP contribution in [0.25, 0.3) is 0 Å². The van der Waals surface area contributed by atoms with Crippen molar-refractivity contribution in [3.8, 4) is 0 Å². The monoisotopic (exact) mass is 315 g/mol. The Labute approximate surface area is 132 Å². The second-order valence-corrected chi connectivity index (χ2v) is 5.65. The number of fused-ring (bicyclic) bond motifs is 1. The molecule has 0 radical (unpaired) electrons. The van der Waals surface area contributed by atoms with E-state index < -0.39 is 17.4 Å². The third-order valence-electron chi connectivity index (χ3n) is 3.94. The largest absolute Gasteiger partial charge is 0.383 e. The maximum Gasteiger partial charge on any atom is 0.314 e. The van der Waals surface area contributed by atoms with Crippen molar-refractivity contribution in [2.45, 2.75) is 25.4 Å². The number of aliphatic hydroxyl groups is 1. The lowest BCUT2D eigenvalue weighted by Gasteiger charge is -2.24. The van der Waals surface area contributed by atoms with Crippen LogP contribution in [0.2, 0.25) is 0 Å². The lowest BCUT2D eigenvalue weighted by Crippen LogP contribution is -2.43. The summed E-state index contributed by atoms with van der Waals surface area (Å²) in [5.41, 5.74) is 0.719. The van der Waals surface area contributed by atoms with Crippen molar-refractivity contribution in [1.29, 1.82) is 0 Å². The van der Waals surface area contributed by atoms with Crippen LogP contribution in [-0.2, 0) is 21.6 Å². The van der Waals surface area contributed by atoms with Crippen LogP contribution >= 0.6 is 0 Å². The van der Waals surface area contributed by atoms with Crippen molar-refractivity contribution in [2.24, 2.45) is 0 Å². The zero-order valence-corrected chi connectivity index (χ0v) is 12.6. The van der Waals surface area contributed by atoms with Crippen LogP contribution in [0.3, 0.4) is 0 Å². The Balaban J connectivity index is 1.60.